The first-order valence-electron chi connectivity index (χ1n) is 13.1. The zero-order valence-corrected chi connectivity index (χ0v) is 22.3. The second-order valence-electron chi connectivity index (χ2n) is 9.22. The summed E-state index contributed by atoms with van der Waals surface area (Å²) in [6.07, 6.45) is 6.98. The maximum absolute atomic E-state index is 5.85. The van der Waals surface area contributed by atoms with Crippen molar-refractivity contribution in [1.29, 1.82) is 0 Å². The number of benzene rings is 2. The van der Waals surface area contributed by atoms with Gasteiger partial charge in [0, 0.05) is 32.6 Å². The number of aromatic nitrogens is 7. The summed E-state index contributed by atoms with van der Waals surface area (Å²) in [6, 6.07) is 16.6. The number of nitrogens with one attached hydrogen (secondary N) is 1. The number of tetrazole rings is 1. The highest BCUT2D eigenvalue weighted by atomic mass is 16.7. The lowest BCUT2D eigenvalue weighted by Gasteiger charge is -2.27. The van der Waals surface area contributed by atoms with E-state index in [-0.39, 0.29) is 0 Å². The number of ether oxygens (including phenoxy) is 2. The highest BCUT2D eigenvalue weighted by Crippen LogP contribution is 2.31. The van der Waals surface area contributed by atoms with Crippen molar-refractivity contribution in [1.82, 2.24) is 35.4 Å². The van der Waals surface area contributed by atoms with Gasteiger partial charge >= 0.3 is 0 Å². The van der Waals surface area contributed by atoms with Gasteiger partial charge in [0.2, 0.25) is 11.6 Å². The minimum Gasteiger partial charge on any atom is -0.347 e. The zero-order chi connectivity index (χ0) is 26.1. The van der Waals surface area contributed by atoms with Crippen LogP contribution in [-0.4, -0.2) is 49.6 Å². The molecule has 9 nitrogen and oxygen atoms in total. The van der Waals surface area contributed by atoms with Crippen LogP contribution in [0.2, 0.25) is 0 Å². The average Bonchev–Trinajstić information content (AvgIpc) is 3.62. The van der Waals surface area contributed by atoms with E-state index in [1.54, 1.807) is 14.2 Å². The summed E-state index contributed by atoms with van der Waals surface area (Å²) >= 11 is 0. The number of nitrogens with zero attached hydrogens (tertiary/aromatic N) is 6. The summed E-state index contributed by atoms with van der Waals surface area (Å²) in [5, 5.41) is 19.3. The number of hydrogen-bond donors (Lipinski definition) is 1. The molecule has 4 rings (SSSR count). The van der Waals surface area contributed by atoms with Crippen molar-refractivity contribution in [3.63, 3.8) is 0 Å². The fourth-order valence-corrected chi connectivity index (χ4v) is 4.55. The van der Waals surface area contributed by atoms with Gasteiger partial charge < -0.3 is 9.47 Å². The average molecular weight is 504 g/mol. The van der Waals surface area contributed by atoms with E-state index in [2.05, 4.69) is 64.8 Å². The van der Waals surface area contributed by atoms with Crippen LogP contribution in [-0.2, 0) is 28.2 Å². The number of aryl methyl sites for hydroxylation is 1. The van der Waals surface area contributed by atoms with E-state index in [1.165, 1.54) is 0 Å². The van der Waals surface area contributed by atoms with Gasteiger partial charge in [0.1, 0.15) is 5.82 Å². The van der Waals surface area contributed by atoms with Crippen molar-refractivity contribution in [2.45, 2.75) is 71.1 Å². The number of H-pyrrole nitrogens is 1. The highest BCUT2D eigenvalue weighted by molar-refractivity contribution is 5.80. The van der Waals surface area contributed by atoms with Crippen LogP contribution in [0, 0.1) is 0 Å². The summed E-state index contributed by atoms with van der Waals surface area (Å²) in [5.74, 6) is 1.29. The van der Waals surface area contributed by atoms with Crippen LogP contribution < -0.4 is 0 Å². The van der Waals surface area contributed by atoms with Crippen LogP contribution in [0.25, 0.3) is 22.5 Å². The van der Waals surface area contributed by atoms with Crippen molar-refractivity contribution in [2.75, 3.05) is 14.2 Å². The van der Waals surface area contributed by atoms with Crippen LogP contribution in [0.3, 0.4) is 0 Å². The van der Waals surface area contributed by atoms with Gasteiger partial charge in [0.25, 0.3) is 0 Å². The van der Waals surface area contributed by atoms with Crippen LogP contribution in [0.5, 0.6) is 0 Å². The summed E-state index contributed by atoms with van der Waals surface area (Å²) in [4.78, 5) is 4.93. The molecular weight excluding hydrogens is 466 g/mol. The lowest BCUT2D eigenvalue weighted by molar-refractivity contribution is -0.226. The monoisotopic (exact) mass is 503 g/mol. The van der Waals surface area contributed by atoms with Crippen LogP contribution in [0.15, 0.2) is 48.5 Å². The highest BCUT2D eigenvalue weighted by Gasteiger charge is 2.37. The van der Waals surface area contributed by atoms with Gasteiger partial charge in [-0.3, -0.25) is 0 Å². The molecule has 2 aromatic carbocycles. The Labute approximate surface area is 218 Å². The number of hydrogen-bond acceptors (Lipinski definition) is 7. The lowest BCUT2D eigenvalue weighted by Crippen LogP contribution is -2.32. The molecule has 0 radical (unpaired) electrons. The lowest BCUT2D eigenvalue weighted by atomic mass is 9.98. The Morgan fingerprint density at radius 3 is 2.27 bits per heavy atom. The third kappa shape index (κ3) is 6.11. The maximum atomic E-state index is 5.85. The van der Waals surface area contributed by atoms with E-state index < -0.39 is 5.79 Å². The Bertz CT molecular complexity index is 1230. The molecule has 2 aromatic heterocycles. The minimum atomic E-state index is -0.927. The normalized spacial score (nSPS) is 11.8. The number of rotatable bonds is 14. The molecule has 0 aliphatic rings. The second kappa shape index (κ2) is 12.7. The van der Waals surface area contributed by atoms with E-state index in [9.17, 15) is 0 Å². The van der Waals surface area contributed by atoms with E-state index in [1.807, 2.05) is 22.9 Å². The Morgan fingerprint density at radius 2 is 1.62 bits per heavy atom. The van der Waals surface area contributed by atoms with Crippen LogP contribution >= 0.6 is 0 Å². The predicted octanol–water partition coefficient (Wildman–Crippen LogP) is 5.54. The van der Waals surface area contributed by atoms with E-state index in [0.717, 1.165) is 66.6 Å². The molecule has 196 valence electrons. The fourth-order valence-electron chi connectivity index (χ4n) is 4.55. The first kappa shape index (κ1) is 26.6. The zero-order valence-electron chi connectivity index (χ0n) is 22.3. The molecule has 0 atom stereocenters. The molecule has 9 heteroatoms. The predicted molar refractivity (Wildman–Crippen MR) is 143 cm³/mol. The van der Waals surface area contributed by atoms with Crippen LogP contribution in [0.4, 0.5) is 0 Å². The molecule has 0 spiro atoms. The topological polar surface area (TPSA) is 104 Å². The van der Waals surface area contributed by atoms with Crippen molar-refractivity contribution < 1.29 is 9.47 Å². The van der Waals surface area contributed by atoms with Crippen LogP contribution in [0.1, 0.15) is 69.6 Å². The standard InChI is InChI=1S/C28H37N7O2/c1-5-7-9-14-25-29-27(28(36-3,37-4)19-8-6-2)32-35(25)20-21-15-17-22(18-16-21)23-12-10-11-13-24(23)26-30-33-34-31-26/h10-13,15-18H,5-9,14,19-20H2,1-4H3,(H,30,31,33,34). The fraction of sp³-hybridized carbons (Fsp3) is 0.464. The van der Waals surface area contributed by atoms with Crippen molar-refractivity contribution in [2.24, 2.45) is 0 Å². The Morgan fingerprint density at radius 1 is 0.892 bits per heavy atom. The SMILES string of the molecule is CCCCCc1nc(C(CCCC)(OC)OC)nn1Cc1ccc(-c2ccccc2-c2nnn[nH]2)cc1. The smallest absolute Gasteiger partial charge is 0.231 e. The molecule has 0 unspecified atom stereocenters. The third-order valence-corrected chi connectivity index (χ3v) is 6.74. The summed E-state index contributed by atoms with van der Waals surface area (Å²) in [7, 11) is 3.34. The largest absolute Gasteiger partial charge is 0.347 e. The van der Waals surface area contributed by atoms with Gasteiger partial charge in [-0.25, -0.2) is 14.8 Å². The van der Waals surface area contributed by atoms with Gasteiger partial charge in [-0.05, 0) is 40.0 Å². The molecule has 0 amide bonds. The first-order valence-corrected chi connectivity index (χ1v) is 13.1. The molecule has 0 fully saturated rings. The molecular formula is C28H37N7O2. The van der Waals surface area contributed by atoms with Crippen molar-refractivity contribution in [3.05, 3.63) is 65.7 Å². The quantitative estimate of drug-likeness (QED) is 0.178. The molecule has 0 aliphatic carbocycles. The Hall–Kier alpha value is -3.43. The molecule has 4 aromatic rings. The molecule has 2 heterocycles. The first-order chi connectivity index (χ1) is 18.1. The molecule has 37 heavy (non-hydrogen) atoms. The molecule has 0 aliphatic heterocycles. The van der Waals surface area contributed by atoms with E-state index in [0.29, 0.717) is 24.6 Å². The number of methoxy groups -OCH3 is 2. The summed E-state index contributed by atoms with van der Waals surface area (Å²) < 4.78 is 13.7. The van der Waals surface area contributed by atoms with Crippen molar-refractivity contribution >= 4 is 0 Å². The van der Waals surface area contributed by atoms with Gasteiger partial charge in [-0.2, -0.15) is 0 Å². The van der Waals surface area contributed by atoms with Gasteiger partial charge in [0.15, 0.2) is 5.82 Å². The summed E-state index contributed by atoms with van der Waals surface area (Å²) in [6.45, 7) is 4.99. The minimum absolute atomic E-state index is 0.601. The molecule has 0 saturated carbocycles. The van der Waals surface area contributed by atoms with E-state index >= 15 is 0 Å². The van der Waals surface area contributed by atoms with Gasteiger partial charge in [0.05, 0.1) is 6.54 Å². The second-order valence-corrected chi connectivity index (χ2v) is 9.22. The van der Waals surface area contributed by atoms with Crippen molar-refractivity contribution in [3.8, 4) is 22.5 Å². The van der Waals surface area contributed by atoms with Gasteiger partial charge in [-0.1, -0.05) is 81.6 Å². The third-order valence-electron chi connectivity index (χ3n) is 6.74. The number of aromatic amines is 1. The maximum Gasteiger partial charge on any atom is 0.231 e. The van der Waals surface area contributed by atoms with Gasteiger partial charge in [-0.15, -0.1) is 10.2 Å². The summed E-state index contributed by atoms with van der Waals surface area (Å²) in [5.41, 5.74) is 4.26. The molecule has 0 saturated heterocycles. The Kier molecular flexibility index (Phi) is 9.14. The molecule has 1 N–H and O–H groups in total. The number of unbranched alkanes of at least 4 members (excludes halogenated alkanes) is 3. The Balaban J connectivity index is 1.61. The van der Waals surface area contributed by atoms with E-state index in [4.69, 9.17) is 19.6 Å². The molecule has 0 bridgehead atoms.